The standard InChI is InChI=1S/C15H14ClN3OS/c16-9-14(17)18-11-4-3-10-5-6-19(12(10)8-11)15(20)13-2-1-7-21-13/h1-4,7-8H,5-6,9H2,(H2,17,18). The fraction of sp³-hybridized carbons (Fsp3) is 0.200. The summed E-state index contributed by atoms with van der Waals surface area (Å²) >= 11 is 7.10. The van der Waals surface area contributed by atoms with Gasteiger partial charge < -0.3 is 10.6 Å². The van der Waals surface area contributed by atoms with Gasteiger partial charge in [-0.05, 0) is 35.6 Å². The predicted molar refractivity (Wildman–Crippen MR) is 88.1 cm³/mol. The van der Waals surface area contributed by atoms with Crippen LogP contribution in [-0.2, 0) is 6.42 Å². The van der Waals surface area contributed by atoms with E-state index in [4.69, 9.17) is 17.3 Å². The number of nitrogens with two attached hydrogens (primary N) is 1. The molecule has 21 heavy (non-hydrogen) atoms. The number of hydrogen-bond donors (Lipinski definition) is 1. The van der Waals surface area contributed by atoms with Crippen molar-refractivity contribution in [2.45, 2.75) is 6.42 Å². The Kier molecular flexibility index (Phi) is 3.94. The number of rotatable bonds is 3. The minimum atomic E-state index is 0.0372. The van der Waals surface area contributed by atoms with E-state index in [-0.39, 0.29) is 11.8 Å². The van der Waals surface area contributed by atoms with Gasteiger partial charge >= 0.3 is 0 Å². The second kappa shape index (κ2) is 5.87. The van der Waals surface area contributed by atoms with Crippen molar-refractivity contribution in [1.29, 1.82) is 0 Å². The first-order valence-corrected chi connectivity index (χ1v) is 7.98. The van der Waals surface area contributed by atoms with Crippen molar-refractivity contribution in [1.82, 2.24) is 0 Å². The Balaban J connectivity index is 1.94. The molecule has 3 rings (SSSR count). The number of amides is 1. The van der Waals surface area contributed by atoms with Gasteiger partial charge in [-0.2, -0.15) is 0 Å². The molecule has 2 heterocycles. The molecule has 0 bridgehead atoms. The molecule has 0 spiro atoms. The third-order valence-corrected chi connectivity index (χ3v) is 4.48. The SMILES string of the molecule is NC(CCl)=Nc1ccc2c(c1)N(C(=O)c1cccs1)CC2. The second-order valence-corrected chi connectivity index (χ2v) is 5.95. The van der Waals surface area contributed by atoms with Crippen LogP contribution in [0.15, 0.2) is 40.7 Å². The maximum Gasteiger partial charge on any atom is 0.268 e. The Morgan fingerprint density at radius 2 is 2.29 bits per heavy atom. The van der Waals surface area contributed by atoms with Gasteiger partial charge in [-0.3, -0.25) is 4.79 Å². The first kappa shape index (κ1) is 14.1. The van der Waals surface area contributed by atoms with Crippen molar-refractivity contribution in [3.8, 4) is 0 Å². The number of nitrogens with zero attached hydrogens (tertiary/aromatic N) is 2. The summed E-state index contributed by atoms with van der Waals surface area (Å²) in [6.07, 6.45) is 0.863. The number of alkyl halides is 1. The van der Waals surface area contributed by atoms with Crippen LogP contribution in [0.25, 0.3) is 0 Å². The lowest BCUT2D eigenvalue weighted by Crippen LogP contribution is -2.28. The van der Waals surface area contributed by atoms with Crippen LogP contribution in [0.4, 0.5) is 11.4 Å². The van der Waals surface area contributed by atoms with Crippen molar-refractivity contribution in [2.24, 2.45) is 10.7 Å². The van der Waals surface area contributed by atoms with E-state index >= 15 is 0 Å². The van der Waals surface area contributed by atoms with Gasteiger partial charge in [-0.25, -0.2) is 4.99 Å². The molecule has 1 aromatic carbocycles. The minimum Gasteiger partial charge on any atom is -0.386 e. The third kappa shape index (κ3) is 2.80. The fourth-order valence-corrected chi connectivity index (χ4v) is 3.11. The second-order valence-electron chi connectivity index (χ2n) is 4.73. The number of hydrogen-bond acceptors (Lipinski definition) is 3. The van der Waals surface area contributed by atoms with Gasteiger partial charge in [0.25, 0.3) is 5.91 Å². The molecule has 0 saturated carbocycles. The number of carbonyl (C=O) groups excluding carboxylic acids is 1. The van der Waals surface area contributed by atoms with Gasteiger partial charge in [0, 0.05) is 12.2 Å². The molecule has 6 heteroatoms. The Labute approximate surface area is 131 Å². The summed E-state index contributed by atoms with van der Waals surface area (Å²) in [4.78, 5) is 19.3. The molecule has 1 aromatic heterocycles. The third-order valence-electron chi connectivity index (χ3n) is 3.35. The predicted octanol–water partition coefficient (Wildman–Crippen LogP) is 3.18. The quantitative estimate of drug-likeness (QED) is 0.536. The Morgan fingerprint density at radius 3 is 3.00 bits per heavy atom. The molecule has 1 aliphatic rings. The van der Waals surface area contributed by atoms with E-state index in [2.05, 4.69) is 4.99 Å². The average Bonchev–Trinajstić information content (AvgIpc) is 3.15. The summed E-state index contributed by atoms with van der Waals surface area (Å²) in [7, 11) is 0. The molecule has 0 saturated heterocycles. The Morgan fingerprint density at radius 1 is 1.43 bits per heavy atom. The van der Waals surface area contributed by atoms with Gasteiger partial charge in [-0.15, -0.1) is 22.9 Å². The van der Waals surface area contributed by atoms with Crippen LogP contribution in [0, 0.1) is 0 Å². The van der Waals surface area contributed by atoms with E-state index in [1.54, 1.807) is 4.90 Å². The lowest BCUT2D eigenvalue weighted by atomic mass is 10.1. The zero-order chi connectivity index (χ0) is 14.8. The average molecular weight is 320 g/mol. The van der Waals surface area contributed by atoms with Gasteiger partial charge in [0.2, 0.25) is 0 Å². The number of carbonyl (C=O) groups is 1. The van der Waals surface area contributed by atoms with Crippen molar-refractivity contribution >= 4 is 46.1 Å². The van der Waals surface area contributed by atoms with E-state index in [0.29, 0.717) is 12.4 Å². The van der Waals surface area contributed by atoms with Crippen molar-refractivity contribution < 1.29 is 4.79 Å². The van der Waals surface area contributed by atoms with Gasteiger partial charge in [0.15, 0.2) is 0 Å². The summed E-state index contributed by atoms with van der Waals surface area (Å²) < 4.78 is 0. The summed E-state index contributed by atoms with van der Waals surface area (Å²) in [6.45, 7) is 0.699. The molecule has 2 N–H and O–H groups in total. The van der Waals surface area contributed by atoms with E-state index in [1.165, 1.54) is 11.3 Å². The van der Waals surface area contributed by atoms with Crippen LogP contribution in [0.1, 0.15) is 15.2 Å². The lowest BCUT2D eigenvalue weighted by Gasteiger charge is -2.16. The largest absolute Gasteiger partial charge is 0.386 e. The molecule has 0 aliphatic carbocycles. The van der Waals surface area contributed by atoms with Gasteiger partial charge in [-0.1, -0.05) is 12.1 Å². The van der Waals surface area contributed by atoms with E-state index in [0.717, 1.165) is 28.2 Å². The maximum absolute atomic E-state index is 12.5. The van der Waals surface area contributed by atoms with E-state index in [9.17, 15) is 4.79 Å². The van der Waals surface area contributed by atoms with Crippen LogP contribution in [0.3, 0.4) is 0 Å². The van der Waals surface area contributed by atoms with Crippen molar-refractivity contribution in [3.05, 3.63) is 46.2 Å². The highest BCUT2D eigenvalue weighted by Gasteiger charge is 2.26. The summed E-state index contributed by atoms with van der Waals surface area (Å²) in [6, 6.07) is 9.53. The van der Waals surface area contributed by atoms with Crippen molar-refractivity contribution in [2.75, 3.05) is 17.3 Å². The summed E-state index contributed by atoms with van der Waals surface area (Å²) in [5.74, 6) is 0.593. The van der Waals surface area contributed by atoms with Crippen LogP contribution >= 0.6 is 22.9 Å². The number of halogens is 1. The molecule has 2 aromatic rings. The van der Waals surface area contributed by atoms with Crippen LogP contribution in [-0.4, -0.2) is 24.2 Å². The lowest BCUT2D eigenvalue weighted by molar-refractivity contribution is 0.0993. The fourth-order valence-electron chi connectivity index (χ4n) is 2.38. The number of thiophene rings is 1. The number of aliphatic imine (C=N–C) groups is 1. The van der Waals surface area contributed by atoms with Crippen LogP contribution in [0.5, 0.6) is 0 Å². The molecule has 0 atom stereocenters. The zero-order valence-electron chi connectivity index (χ0n) is 11.3. The van der Waals surface area contributed by atoms with Gasteiger partial charge in [0.1, 0.15) is 5.84 Å². The van der Waals surface area contributed by atoms with Crippen LogP contribution < -0.4 is 10.6 Å². The number of fused-ring (bicyclic) bond motifs is 1. The van der Waals surface area contributed by atoms with Gasteiger partial charge in [0.05, 0.1) is 16.4 Å². The molecule has 0 fully saturated rings. The van der Waals surface area contributed by atoms with E-state index in [1.807, 2.05) is 35.7 Å². The monoisotopic (exact) mass is 319 g/mol. The number of benzene rings is 1. The zero-order valence-corrected chi connectivity index (χ0v) is 12.8. The highest BCUT2D eigenvalue weighted by atomic mass is 35.5. The molecule has 0 radical (unpaired) electrons. The summed E-state index contributed by atoms with van der Waals surface area (Å²) in [5, 5.41) is 1.91. The molecule has 1 aliphatic heterocycles. The first-order chi connectivity index (χ1) is 10.2. The van der Waals surface area contributed by atoms with E-state index < -0.39 is 0 Å². The molecule has 0 unspecified atom stereocenters. The smallest absolute Gasteiger partial charge is 0.268 e. The number of amidine groups is 1. The molecular formula is C15H14ClN3OS. The highest BCUT2D eigenvalue weighted by Crippen LogP contribution is 2.33. The number of anilines is 1. The molecule has 108 valence electrons. The molecule has 1 amide bonds. The summed E-state index contributed by atoms with van der Waals surface area (Å²) in [5.41, 5.74) is 8.45. The topological polar surface area (TPSA) is 58.7 Å². The van der Waals surface area contributed by atoms with Crippen LogP contribution in [0.2, 0.25) is 0 Å². The minimum absolute atomic E-state index is 0.0372. The normalized spacial score (nSPS) is 14.3. The maximum atomic E-state index is 12.5. The van der Waals surface area contributed by atoms with Crippen molar-refractivity contribution in [3.63, 3.8) is 0 Å². The Bertz CT molecular complexity index is 697. The Hall–Kier alpha value is -1.85. The molecule has 4 nitrogen and oxygen atoms in total. The molecular weight excluding hydrogens is 306 g/mol. The first-order valence-electron chi connectivity index (χ1n) is 6.56. The highest BCUT2D eigenvalue weighted by molar-refractivity contribution is 7.12.